The van der Waals surface area contributed by atoms with Crippen LogP contribution >= 0.6 is 0 Å². The van der Waals surface area contributed by atoms with Crippen molar-refractivity contribution in [1.82, 2.24) is 10.3 Å². The molecule has 110 valence electrons. The van der Waals surface area contributed by atoms with Gasteiger partial charge >= 0.3 is 0 Å². The minimum Gasteiger partial charge on any atom is -0.381 e. The minimum atomic E-state index is -0.132. The number of nitrogens with one attached hydrogen (secondary N) is 2. The Bertz CT molecular complexity index is 433. The van der Waals surface area contributed by atoms with Crippen LogP contribution in [-0.4, -0.2) is 37.2 Å². The molecule has 1 aromatic rings. The number of amides is 1. The van der Waals surface area contributed by atoms with E-state index in [4.69, 9.17) is 4.74 Å². The smallest absolute Gasteiger partial charge is 0.269 e. The Morgan fingerprint density at radius 2 is 2.30 bits per heavy atom. The molecule has 2 N–H and O–H groups in total. The highest BCUT2D eigenvalue weighted by atomic mass is 16.5. The quantitative estimate of drug-likeness (QED) is 0.678. The van der Waals surface area contributed by atoms with E-state index in [2.05, 4.69) is 15.6 Å². The van der Waals surface area contributed by atoms with Crippen molar-refractivity contribution in [2.45, 2.75) is 26.2 Å². The Balaban J connectivity index is 1.64. The van der Waals surface area contributed by atoms with E-state index in [9.17, 15) is 4.79 Å². The summed E-state index contributed by atoms with van der Waals surface area (Å²) in [4.78, 5) is 16.2. The van der Waals surface area contributed by atoms with Crippen LogP contribution in [0.2, 0.25) is 0 Å². The number of hydrogen-bond donors (Lipinski definition) is 2. The van der Waals surface area contributed by atoms with E-state index in [1.807, 2.05) is 19.1 Å². The number of carbonyl (C=O) groups is 1. The first-order valence-electron chi connectivity index (χ1n) is 7.36. The highest BCUT2D eigenvalue weighted by molar-refractivity contribution is 5.92. The lowest BCUT2D eigenvalue weighted by molar-refractivity contribution is 0.0932. The molecule has 1 amide bonds. The second kappa shape index (κ2) is 7.85. The Hall–Kier alpha value is -1.62. The molecular formula is C15H23N3O2. The minimum absolute atomic E-state index is 0.132. The topological polar surface area (TPSA) is 63.2 Å². The third-order valence-corrected chi connectivity index (χ3v) is 3.14. The van der Waals surface area contributed by atoms with Crippen LogP contribution in [0.5, 0.6) is 0 Å². The van der Waals surface area contributed by atoms with Gasteiger partial charge in [0.05, 0.1) is 0 Å². The molecule has 1 saturated carbocycles. The molecule has 0 radical (unpaired) electrons. The number of anilines is 1. The van der Waals surface area contributed by atoms with Crippen LogP contribution in [0.1, 0.15) is 36.7 Å². The predicted octanol–water partition coefficient (Wildman–Crippen LogP) is 2.06. The van der Waals surface area contributed by atoms with E-state index < -0.39 is 0 Å². The van der Waals surface area contributed by atoms with Crippen molar-refractivity contribution < 1.29 is 9.53 Å². The van der Waals surface area contributed by atoms with Crippen LogP contribution in [0.15, 0.2) is 18.2 Å². The molecule has 1 fully saturated rings. The molecular weight excluding hydrogens is 254 g/mol. The van der Waals surface area contributed by atoms with Crippen molar-refractivity contribution in [3.8, 4) is 0 Å². The van der Waals surface area contributed by atoms with Crippen LogP contribution in [0.4, 0.5) is 5.82 Å². The van der Waals surface area contributed by atoms with Crippen LogP contribution in [-0.2, 0) is 4.74 Å². The lowest BCUT2D eigenvalue weighted by Crippen LogP contribution is -2.26. The van der Waals surface area contributed by atoms with Crippen molar-refractivity contribution in [2.75, 3.05) is 31.6 Å². The van der Waals surface area contributed by atoms with Crippen molar-refractivity contribution in [1.29, 1.82) is 0 Å². The van der Waals surface area contributed by atoms with Crippen LogP contribution < -0.4 is 10.6 Å². The van der Waals surface area contributed by atoms with E-state index in [0.717, 1.165) is 31.3 Å². The van der Waals surface area contributed by atoms with Gasteiger partial charge < -0.3 is 15.4 Å². The van der Waals surface area contributed by atoms with Crippen molar-refractivity contribution in [2.24, 2.45) is 5.92 Å². The summed E-state index contributed by atoms with van der Waals surface area (Å²) in [5.41, 5.74) is 0.447. The third-order valence-electron chi connectivity index (χ3n) is 3.14. The largest absolute Gasteiger partial charge is 0.381 e. The molecule has 1 aromatic heterocycles. The fourth-order valence-electron chi connectivity index (χ4n) is 1.84. The Morgan fingerprint density at radius 1 is 1.45 bits per heavy atom. The lowest BCUT2D eigenvalue weighted by atomic mass is 10.3. The highest BCUT2D eigenvalue weighted by Crippen LogP contribution is 2.28. The second-order valence-corrected chi connectivity index (χ2v) is 5.07. The number of nitrogens with zero attached hydrogens (tertiary/aromatic N) is 1. The summed E-state index contributed by atoms with van der Waals surface area (Å²) in [5.74, 6) is 1.39. The SMILES string of the molecule is CCNc1cccc(C(=O)NCCCOCC2CC2)n1. The van der Waals surface area contributed by atoms with Gasteiger partial charge in [0.1, 0.15) is 11.5 Å². The van der Waals surface area contributed by atoms with Gasteiger partial charge in [0.25, 0.3) is 5.91 Å². The molecule has 0 saturated heterocycles. The number of ether oxygens (including phenoxy) is 1. The molecule has 0 bridgehead atoms. The summed E-state index contributed by atoms with van der Waals surface area (Å²) in [7, 11) is 0. The molecule has 0 aromatic carbocycles. The average Bonchev–Trinajstić information content (AvgIpc) is 3.27. The van der Waals surface area contributed by atoms with Gasteiger partial charge in [-0.25, -0.2) is 4.98 Å². The van der Waals surface area contributed by atoms with Gasteiger partial charge in [-0.15, -0.1) is 0 Å². The predicted molar refractivity (Wildman–Crippen MR) is 78.9 cm³/mol. The molecule has 0 unspecified atom stereocenters. The third kappa shape index (κ3) is 5.17. The summed E-state index contributed by atoms with van der Waals surface area (Å²) >= 11 is 0. The van der Waals surface area contributed by atoms with Crippen LogP contribution in [0.3, 0.4) is 0 Å². The van der Waals surface area contributed by atoms with Crippen molar-refractivity contribution in [3.05, 3.63) is 23.9 Å². The fourth-order valence-corrected chi connectivity index (χ4v) is 1.84. The number of rotatable bonds is 9. The maximum Gasteiger partial charge on any atom is 0.269 e. The molecule has 1 heterocycles. The first-order chi connectivity index (χ1) is 9.79. The normalized spacial score (nSPS) is 14.1. The fraction of sp³-hybridized carbons (Fsp3) is 0.600. The Morgan fingerprint density at radius 3 is 3.05 bits per heavy atom. The molecule has 2 rings (SSSR count). The van der Waals surface area contributed by atoms with E-state index >= 15 is 0 Å². The zero-order chi connectivity index (χ0) is 14.2. The van der Waals surface area contributed by atoms with E-state index in [-0.39, 0.29) is 5.91 Å². The zero-order valence-electron chi connectivity index (χ0n) is 12.0. The maximum absolute atomic E-state index is 11.9. The van der Waals surface area contributed by atoms with Gasteiger partial charge in [0, 0.05) is 26.3 Å². The number of pyridine rings is 1. The number of hydrogen-bond acceptors (Lipinski definition) is 4. The number of carbonyl (C=O) groups excluding carboxylic acids is 1. The summed E-state index contributed by atoms with van der Waals surface area (Å²) in [6.07, 6.45) is 3.46. The summed E-state index contributed by atoms with van der Waals surface area (Å²) in [6.45, 7) is 4.99. The van der Waals surface area contributed by atoms with Gasteiger partial charge in [0.2, 0.25) is 0 Å². The van der Waals surface area contributed by atoms with E-state index in [1.54, 1.807) is 6.07 Å². The Labute approximate surface area is 120 Å². The molecule has 0 atom stereocenters. The molecule has 20 heavy (non-hydrogen) atoms. The van der Waals surface area contributed by atoms with Crippen molar-refractivity contribution >= 4 is 11.7 Å². The van der Waals surface area contributed by atoms with Gasteiger partial charge in [-0.3, -0.25) is 4.79 Å². The van der Waals surface area contributed by atoms with Gasteiger partial charge in [-0.2, -0.15) is 0 Å². The molecule has 5 nitrogen and oxygen atoms in total. The molecule has 0 spiro atoms. The monoisotopic (exact) mass is 277 g/mol. The first-order valence-corrected chi connectivity index (χ1v) is 7.36. The number of aromatic nitrogens is 1. The van der Waals surface area contributed by atoms with Crippen molar-refractivity contribution in [3.63, 3.8) is 0 Å². The van der Waals surface area contributed by atoms with Gasteiger partial charge in [-0.05, 0) is 44.2 Å². The summed E-state index contributed by atoms with van der Waals surface area (Å²) in [6, 6.07) is 5.41. The van der Waals surface area contributed by atoms with Crippen LogP contribution in [0, 0.1) is 5.92 Å². The lowest BCUT2D eigenvalue weighted by Gasteiger charge is -2.07. The van der Waals surface area contributed by atoms with E-state index in [1.165, 1.54) is 12.8 Å². The maximum atomic E-state index is 11.9. The standard InChI is InChI=1S/C15H23N3O2/c1-2-16-14-6-3-5-13(18-14)15(19)17-9-4-10-20-11-12-7-8-12/h3,5-6,12H,2,4,7-11H2,1H3,(H,16,18)(H,17,19). The molecule has 0 aliphatic heterocycles. The first kappa shape index (κ1) is 14.8. The molecule has 1 aliphatic carbocycles. The van der Waals surface area contributed by atoms with Gasteiger partial charge in [-0.1, -0.05) is 6.07 Å². The van der Waals surface area contributed by atoms with Crippen LogP contribution in [0.25, 0.3) is 0 Å². The second-order valence-electron chi connectivity index (χ2n) is 5.07. The summed E-state index contributed by atoms with van der Waals surface area (Å²) < 4.78 is 5.52. The Kier molecular flexibility index (Phi) is 5.80. The van der Waals surface area contributed by atoms with Gasteiger partial charge in [0.15, 0.2) is 0 Å². The molecule has 1 aliphatic rings. The average molecular weight is 277 g/mol. The zero-order valence-corrected chi connectivity index (χ0v) is 12.0. The van der Waals surface area contributed by atoms with E-state index in [0.29, 0.717) is 18.8 Å². The highest BCUT2D eigenvalue weighted by Gasteiger charge is 2.20. The summed E-state index contributed by atoms with van der Waals surface area (Å²) in [5, 5.41) is 5.95. The molecule has 5 heteroatoms.